The van der Waals surface area contributed by atoms with E-state index in [1.807, 2.05) is 0 Å². The molecule has 1 fully saturated rings. The molecule has 2 atom stereocenters. The second-order valence-corrected chi connectivity index (χ2v) is 18.4. The lowest BCUT2D eigenvalue weighted by molar-refractivity contribution is -0.153. The first-order chi connectivity index (χ1) is 35.3. The Bertz CT molecular complexity index is 2570. The fourth-order valence-corrected chi connectivity index (χ4v) is 7.80. The molecule has 0 spiro atoms. The normalized spacial score (nSPS) is 15.4. The van der Waals surface area contributed by atoms with Crippen LogP contribution in [0.1, 0.15) is 99.2 Å². The Hall–Kier alpha value is -8.42. The number of piperidine rings is 1. The van der Waals surface area contributed by atoms with E-state index in [-0.39, 0.29) is 50.6 Å². The molecule has 0 radical (unpaired) electrons. The van der Waals surface area contributed by atoms with Gasteiger partial charge in [-0.1, -0.05) is 54.7 Å². The molecule has 7 N–H and O–H groups in total. The molecule has 0 aromatic heterocycles. The van der Waals surface area contributed by atoms with Gasteiger partial charge in [-0.2, -0.15) is 0 Å². The summed E-state index contributed by atoms with van der Waals surface area (Å²) in [6.45, 7) is 3.31. The van der Waals surface area contributed by atoms with Crippen LogP contribution in [0.15, 0.2) is 60.7 Å². The van der Waals surface area contributed by atoms with E-state index in [0.29, 0.717) is 60.9 Å². The Morgan fingerprint density at radius 3 is 2.04 bits per heavy atom. The molecule has 23 nitrogen and oxygen atoms in total. The first kappa shape index (κ1) is 56.5. The Balaban J connectivity index is 1.01. The first-order valence-corrected chi connectivity index (χ1v) is 24.2. The van der Waals surface area contributed by atoms with Crippen molar-refractivity contribution in [3.05, 3.63) is 82.9 Å². The number of carbonyl (C=O) groups is 12. The van der Waals surface area contributed by atoms with Crippen molar-refractivity contribution in [1.29, 1.82) is 0 Å². The maximum atomic E-state index is 13.7. The fraction of sp³-hybridized carbons (Fsp3) is 0.451. The highest BCUT2D eigenvalue weighted by Gasteiger charge is 2.43. The maximum absolute atomic E-state index is 13.7. The number of carbonyl (C=O) groups excluding carboxylic acids is 12. The molecule has 2 aromatic rings. The van der Waals surface area contributed by atoms with Gasteiger partial charge in [-0.25, -0.2) is 4.79 Å². The van der Waals surface area contributed by atoms with Crippen LogP contribution < -0.4 is 37.2 Å². The average molecular weight is 1020 g/mol. The molecule has 3 aliphatic heterocycles. The number of alkyl carbamates (subject to hydrolysis) is 1. The molecule has 1 saturated heterocycles. The highest BCUT2D eigenvalue weighted by Crippen LogP contribution is 2.31. The van der Waals surface area contributed by atoms with Crippen LogP contribution in [0.5, 0.6) is 0 Å². The number of amides is 12. The number of imide groups is 2. The molecular weight excluding hydrogens is 961 g/mol. The zero-order valence-corrected chi connectivity index (χ0v) is 41.6. The fourth-order valence-electron chi connectivity index (χ4n) is 7.80. The Morgan fingerprint density at radius 2 is 1.35 bits per heavy atom. The van der Waals surface area contributed by atoms with Gasteiger partial charge in [-0.05, 0) is 69.7 Å². The summed E-state index contributed by atoms with van der Waals surface area (Å²) in [5, 5.41) is 17.2. The number of hydrogen-bond acceptors (Lipinski definition) is 13. The molecule has 0 aliphatic carbocycles. The first-order valence-electron chi connectivity index (χ1n) is 24.2. The Kier molecular flexibility index (Phi) is 20.9. The van der Waals surface area contributed by atoms with E-state index < -0.39 is 110 Å². The van der Waals surface area contributed by atoms with Crippen LogP contribution in [-0.4, -0.2) is 149 Å². The zero-order valence-electron chi connectivity index (χ0n) is 41.6. The number of likely N-dealkylation sites (tertiary alicyclic amines) is 1. The number of ether oxygens (including phenoxy) is 1. The Morgan fingerprint density at radius 1 is 0.703 bits per heavy atom. The van der Waals surface area contributed by atoms with Crippen molar-refractivity contribution in [2.45, 2.75) is 103 Å². The van der Waals surface area contributed by atoms with Gasteiger partial charge >= 0.3 is 6.09 Å². The van der Waals surface area contributed by atoms with E-state index in [0.717, 1.165) is 9.80 Å². The number of benzene rings is 2. The van der Waals surface area contributed by atoms with Crippen molar-refractivity contribution in [3.8, 4) is 11.8 Å². The minimum absolute atomic E-state index is 0.0105. The van der Waals surface area contributed by atoms with Crippen LogP contribution in [0.25, 0.3) is 0 Å². The van der Waals surface area contributed by atoms with Crippen molar-refractivity contribution in [1.82, 2.24) is 51.9 Å². The minimum atomic E-state index is -1.20. The quantitative estimate of drug-likeness (QED) is 0.0400. The van der Waals surface area contributed by atoms with E-state index >= 15 is 0 Å². The molecule has 2 aromatic carbocycles. The lowest BCUT2D eigenvalue weighted by Crippen LogP contribution is -2.57. The summed E-state index contributed by atoms with van der Waals surface area (Å²) in [7, 11) is 0. The molecule has 0 bridgehead atoms. The summed E-state index contributed by atoms with van der Waals surface area (Å²) < 4.78 is 5.23. The third kappa shape index (κ3) is 17.7. The molecule has 12 amide bonds. The van der Waals surface area contributed by atoms with Crippen molar-refractivity contribution >= 4 is 71.1 Å². The molecular formula is C51H62N10O13. The summed E-state index contributed by atoms with van der Waals surface area (Å²) in [6, 6.07) is 11.6. The van der Waals surface area contributed by atoms with Crippen LogP contribution in [-0.2, 0) is 65.6 Å². The van der Waals surface area contributed by atoms with Crippen molar-refractivity contribution < 1.29 is 62.3 Å². The van der Waals surface area contributed by atoms with Crippen molar-refractivity contribution in [3.63, 3.8) is 0 Å². The SMILES string of the molecule is CC(C)(C)OC(=O)NCCCC#Cc1cccc2c1CN(C1CCC(=O)N(CNC(=O)CNC(=O)CNC(=O)C(Cc3ccccc3)NC(=O)CNC(=O)CNC(=O)CCCCCN3C(=O)C=CC3=O)C1=O)C2=O. The topological polar surface area (TPSA) is 308 Å². The smallest absolute Gasteiger partial charge is 0.407 e. The standard InChI is InChI=1S/C51H62N10O13/c1-51(2,3)74-50(73)52-24-11-5-9-16-34-17-13-18-35-36(34)31-60(48(35)71)38-20-21-46(69)61(49(38)72)32-57-42(65)28-54-41(64)29-56-47(70)37(26-33-14-7-4-8-15-33)58-43(66)30-55-40(63)27-53-39(62)19-10-6-12-25-59-44(67)22-23-45(59)68/h4,7-8,13-15,17-18,22-23,37-38H,5-6,10-12,19-21,24-32H2,1-3H3,(H,52,73)(H,53,62)(H,54,64)(H,55,63)(H,56,70)(H,57,65)(H,58,66). The van der Waals surface area contributed by atoms with Crippen molar-refractivity contribution in [2.75, 3.05) is 45.9 Å². The maximum Gasteiger partial charge on any atom is 0.407 e. The van der Waals surface area contributed by atoms with E-state index in [9.17, 15) is 57.5 Å². The number of nitrogens with one attached hydrogen (secondary N) is 7. The number of rotatable bonds is 24. The highest BCUT2D eigenvalue weighted by atomic mass is 16.6. The molecule has 0 saturated carbocycles. The molecule has 394 valence electrons. The van der Waals surface area contributed by atoms with E-state index in [1.54, 1.807) is 69.3 Å². The number of nitrogens with zero attached hydrogens (tertiary/aromatic N) is 3. The Labute approximate surface area is 427 Å². The average Bonchev–Trinajstić information content (AvgIpc) is 3.87. The predicted molar refractivity (Wildman–Crippen MR) is 263 cm³/mol. The lowest BCUT2D eigenvalue weighted by atomic mass is 10.0. The highest BCUT2D eigenvalue weighted by molar-refractivity contribution is 6.13. The second-order valence-electron chi connectivity index (χ2n) is 18.4. The summed E-state index contributed by atoms with van der Waals surface area (Å²) in [5.41, 5.74) is 1.68. The van der Waals surface area contributed by atoms with Crippen LogP contribution in [0.3, 0.4) is 0 Å². The largest absolute Gasteiger partial charge is 0.444 e. The summed E-state index contributed by atoms with van der Waals surface area (Å²) in [5.74, 6) is -0.368. The summed E-state index contributed by atoms with van der Waals surface area (Å²) in [4.78, 5) is 155. The van der Waals surface area contributed by atoms with Gasteiger partial charge in [0.1, 0.15) is 24.4 Å². The number of hydrogen-bond donors (Lipinski definition) is 7. The van der Waals surface area contributed by atoms with Gasteiger partial charge in [0.25, 0.3) is 23.6 Å². The third-order valence-corrected chi connectivity index (χ3v) is 11.5. The molecule has 5 rings (SSSR count). The van der Waals surface area contributed by atoms with Crippen LogP contribution >= 0.6 is 0 Å². The van der Waals surface area contributed by atoms with E-state index in [2.05, 4.69) is 49.1 Å². The minimum Gasteiger partial charge on any atom is -0.444 e. The van der Waals surface area contributed by atoms with Gasteiger partial charge in [-0.15, -0.1) is 0 Å². The van der Waals surface area contributed by atoms with Crippen LogP contribution in [0.2, 0.25) is 0 Å². The zero-order chi connectivity index (χ0) is 53.8. The van der Waals surface area contributed by atoms with Gasteiger partial charge < -0.3 is 46.9 Å². The molecule has 3 aliphatic rings. The van der Waals surface area contributed by atoms with Gasteiger partial charge in [-0.3, -0.25) is 62.5 Å². The molecule has 23 heteroatoms. The van der Waals surface area contributed by atoms with E-state index in [1.165, 1.54) is 17.1 Å². The van der Waals surface area contributed by atoms with Crippen LogP contribution in [0.4, 0.5) is 4.79 Å². The second kappa shape index (κ2) is 27.4. The molecule has 2 unspecified atom stereocenters. The summed E-state index contributed by atoms with van der Waals surface area (Å²) >= 11 is 0. The molecule has 3 heterocycles. The van der Waals surface area contributed by atoms with Gasteiger partial charge in [0.2, 0.25) is 41.4 Å². The lowest BCUT2D eigenvalue weighted by Gasteiger charge is -2.35. The van der Waals surface area contributed by atoms with Gasteiger partial charge in [0, 0.05) is 68.6 Å². The molecule has 74 heavy (non-hydrogen) atoms. The predicted octanol–water partition coefficient (Wildman–Crippen LogP) is -0.432. The number of fused-ring (bicyclic) bond motifs is 1. The third-order valence-electron chi connectivity index (χ3n) is 11.5. The van der Waals surface area contributed by atoms with Crippen LogP contribution in [0, 0.1) is 11.8 Å². The van der Waals surface area contributed by atoms with Gasteiger partial charge in [0.15, 0.2) is 0 Å². The van der Waals surface area contributed by atoms with Crippen molar-refractivity contribution in [2.24, 2.45) is 0 Å². The summed E-state index contributed by atoms with van der Waals surface area (Å²) in [6.07, 6.45) is 4.54. The number of unbranched alkanes of at least 4 members (excludes halogenated alkanes) is 3. The van der Waals surface area contributed by atoms with E-state index in [4.69, 9.17) is 4.74 Å². The van der Waals surface area contributed by atoms with Gasteiger partial charge in [0.05, 0.1) is 26.2 Å². The monoisotopic (exact) mass is 1020 g/mol.